The summed E-state index contributed by atoms with van der Waals surface area (Å²) < 4.78 is 0.873. The second-order valence-corrected chi connectivity index (χ2v) is 6.17. The molecule has 1 rings (SSSR count). The number of hydrogen-bond acceptors (Lipinski definition) is 1. The van der Waals surface area contributed by atoms with Gasteiger partial charge in [0.25, 0.3) is 0 Å². The molecule has 0 spiro atoms. The Morgan fingerprint density at radius 3 is 2.50 bits per heavy atom. The van der Waals surface area contributed by atoms with Gasteiger partial charge < -0.3 is 0 Å². The SMILES string of the molecule is CC(C)CC(CCl)Cc1ccc(Cl)s1. The molecule has 0 aromatic carbocycles. The van der Waals surface area contributed by atoms with Crippen LogP contribution in [-0.2, 0) is 6.42 Å². The Kier molecular flexibility index (Phi) is 5.29. The fraction of sp³-hybridized carbons (Fsp3) is 0.636. The molecule has 0 aliphatic heterocycles. The molecule has 80 valence electrons. The first kappa shape index (κ1) is 12.4. The first-order valence-corrected chi connectivity index (χ1v) is 6.65. The van der Waals surface area contributed by atoms with E-state index in [1.165, 1.54) is 11.3 Å². The predicted octanol–water partition coefficient (Wildman–Crippen LogP) is 4.85. The van der Waals surface area contributed by atoms with Crippen LogP contribution < -0.4 is 0 Å². The van der Waals surface area contributed by atoms with Crippen LogP contribution in [0.3, 0.4) is 0 Å². The highest BCUT2D eigenvalue weighted by molar-refractivity contribution is 7.16. The average molecular weight is 251 g/mol. The molecule has 1 unspecified atom stereocenters. The standard InChI is InChI=1S/C11H16Cl2S/c1-8(2)5-9(7-12)6-10-3-4-11(13)14-10/h3-4,8-9H,5-7H2,1-2H3. The zero-order chi connectivity index (χ0) is 10.6. The molecule has 1 aromatic rings. The van der Waals surface area contributed by atoms with Gasteiger partial charge >= 0.3 is 0 Å². The third-order valence-corrected chi connectivity index (χ3v) is 3.83. The summed E-state index contributed by atoms with van der Waals surface area (Å²) in [6.07, 6.45) is 2.26. The molecule has 0 saturated heterocycles. The van der Waals surface area contributed by atoms with Gasteiger partial charge in [-0.3, -0.25) is 0 Å². The summed E-state index contributed by atoms with van der Waals surface area (Å²) in [6, 6.07) is 4.06. The second kappa shape index (κ2) is 5.99. The molecule has 14 heavy (non-hydrogen) atoms. The van der Waals surface area contributed by atoms with Crippen LogP contribution in [0.2, 0.25) is 4.34 Å². The van der Waals surface area contributed by atoms with E-state index < -0.39 is 0 Å². The van der Waals surface area contributed by atoms with Crippen molar-refractivity contribution in [1.29, 1.82) is 0 Å². The molecule has 1 aromatic heterocycles. The van der Waals surface area contributed by atoms with Gasteiger partial charge in [0.1, 0.15) is 0 Å². The summed E-state index contributed by atoms with van der Waals surface area (Å²) in [5, 5.41) is 0. The highest BCUT2D eigenvalue weighted by atomic mass is 35.5. The van der Waals surface area contributed by atoms with Gasteiger partial charge in [-0.25, -0.2) is 0 Å². The average Bonchev–Trinajstić information content (AvgIpc) is 2.49. The Bertz CT molecular complexity index is 268. The van der Waals surface area contributed by atoms with Crippen LogP contribution >= 0.6 is 34.5 Å². The second-order valence-electron chi connectivity index (χ2n) is 4.06. The van der Waals surface area contributed by atoms with E-state index in [4.69, 9.17) is 23.2 Å². The van der Waals surface area contributed by atoms with E-state index in [1.54, 1.807) is 11.3 Å². The minimum Gasteiger partial charge on any atom is -0.128 e. The number of thiophene rings is 1. The molecule has 0 aliphatic rings. The molecule has 0 amide bonds. The summed E-state index contributed by atoms with van der Waals surface area (Å²) in [4.78, 5) is 1.35. The fourth-order valence-corrected chi connectivity index (χ4v) is 3.05. The maximum Gasteiger partial charge on any atom is 0.0931 e. The van der Waals surface area contributed by atoms with Crippen molar-refractivity contribution in [2.24, 2.45) is 11.8 Å². The number of alkyl halides is 1. The molecule has 0 aliphatic carbocycles. The molecular formula is C11H16Cl2S. The Balaban J connectivity index is 2.48. The van der Waals surface area contributed by atoms with Crippen LogP contribution in [-0.4, -0.2) is 5.88 Å². The van der Waals surface area contributed by atoms with Crippen molar-refractivity contribution >= 4 is 34.5 Å². The van der Waals surface area contributed by atoms with Crippen LogP contribution in [0.4, 0.5) is 0 Å². The number of rotatable bonds is 5. The summed E-state index contributed by atoms with van der Waals surface area (Å²) in [7, 11) is 0. The highest BCUT2D eigenvalue weighted by Crippen LogP contribution is 2.26. The van der Waals surface area contributed by atoms with E-state index in [9.17, 15) is 0 Å². The first-order valence-electron chi connectivity index (χ1n) is 4.92. The third kappa shape index (κ3) is 4.20. The van der Waals surface area contributed by atoms with Crippen LogP contribution in [0.25, 0.3) is 0 Å². The number of hydrogen-bond donors (Lipinski definition) is 0. The van der Waals surface area contributed by atoms with Crippen LogP contribution in [0.1, 0.15) is 25.1 Å². The lowest BCUT2D eigenvalue weighted by Crippen LogP contribution is -2.08. The summed E-state index contributed by atoms with van der Waals surface area (Å²) in [5.41, 5.74) is 0. The zero-order valence-electron chi connectivity index (χ0n) is 8.59. The number of halogens is 2. The van der Waals surface area contributed by atoms with Gasteiger partial charge in [0, 0.05) is 10.8 Å². The fourth-order valence-electron chi connectivity index (χ4n) is 1.61. The van der Waals surface area contributed by atoms with Gasteiger partial charge in [0.2, 0.25) is 0 Å². The quantitative estimate of drug-likeness (QED) is 0.656. The van der Waals surface area contributed by atoms with Crippen LogP contribution in [0.15, 0.2) is 12.1 Å². The summed E-state index contributed by atoms with van der Waals surface area (Å²) >= 11 is 13.5. The van der Waals surface area contributed by atoms with Crippen molar-refractivity contribution in [2.45, 2.75) is 26.7 Å². The monoisotopic (exact) mass is 250 g/mol. The maximum absolute atomic E-state index is 5.94. The van der Waals surface area contributed by atoms with E-state index in [1.807, 2.05) is 6.07 Å². The molecule has 3 heteroatoms. The predicted molar refractivity (Wildman–Crippen MR) is 66.7 cm³/mol. The molecule has 0 nitrogen and oxygen atoms in total. The zero-order valence-corrected chi connectivity index (χ0v) is 10.9. The summed E-state index contributed by atoms with van der Waals surface area (Å²) in [6.45, 7) is 4.47. The molecule has 0 saturated carbocycles. The van der Waals surface area contributed by atoms with Crippen LogP contribution in [0.5, 0.6) is 0 Å². The molecule has 0 bridgehead atoms. The van der Waals surface area contributed by atoms with Gasteiger partial charge in [-0.2, -0.15) is 0 Å². The smallest absolute Gasteiger partial charge is 0.0931 e. The van der Waals surface area contributed by atoms with Crippen molar-refractivity contribution in [3.8, 4) is 0 Å². The molecular weight excluding hydrogens is 235 g/mol. The van der Waals surface area contributed by atoms with Gasteiger partial charge in [0.15, 0.2) is 0 Å². The minimum absolute atomic E-state index is 0.589. The first-order chi connectivity index (χ1) is 6.61. The van der Waals surface area contributed by atoms with Gasteiger partial charge in [0.05, 0.1) is 4.34 Å². The van der Waals surface area contributed by atoms with Crippen molar-refractivity contribution in [2.75, 3.05) is 5.88 Å². The topological polar surface area (TPSA) is 0 Å². The lowest BCUT2D eigenvalue weighted by molar-refractivity contribution is 0.443. The summed E-state index contributed by atoms with van der Waals surface area (Å²) in [5.74, 6) is 2.05. The van der Waals surface area contributed by atoms with Crippen molar-refractivity contribution < 1.29 is 0 Å². The van der Waals surface area contributed by atoms with E-state index in [0.29, 0.717) is 11.8 Å². The van der Waals surface area contributed by atoms with Gasteiger partial charge in [-0.1, -0.05) is 25.4 Å². The van der Waals surface area contributed by atoms with E-state index >= 15 is 0 Å². The van der Waals surface area contributed by atoms with Crippen LogP contribution in [0, 0.1) is 11.8 Å². The lowest BCUT2D eigenvalue weighted by Gasteiger charge is -2.14. The molecule has 0 N–H and O–H groups in total. The molecule has 0 fully saturated rings. The Labute approximate surface area is 100 Å². The van der Waals surface area contributed by atoms with E-state index in [-0.39, 0.29) is 0 Å². The lowest BCUT2D eigenvalue weighted by atomic mass is 9.95. The Morgan fingerprint density at radius 2 is 2.07 bits per heavy atom. The highest BCUT2D eigenvalue weighted by Gasteiger charge is 2.11. The third-order valence-electron chi connectivity index (χ3n) is 2.14. The van der Waals surface area contributed by atoms with Crippen molar-refractivity contribution in [3.63, 3.8) is 0 Å². The van der Waals surface area contributed by atoms with Crippen molar-refractivity contribution in [1.82, 2.24) is 0 Å². The largest absolute Gasteiger partial charge is 0.128 e. The van der Waals surface area contributed by atoms with E-state index in [0.717, 1.165) is 16.6 Å². The van der Waals surface area contributed by atoms with Crippen molar-refractivity contribution in [3.05, 3.63) is 21.3 Å². The van der Waals surface area contributed by atoms with E-state index in [2.05, 4.69) is 19.9 Å². The molecule has 0 radical (unpaired) electrons. The van der Waals surface area contributed by atoms with Gasteiger partial charge in [-0.15, -0.1) is 22.9 Å². The minimum atomic E-state index is 0.589. The normalized spacial score (nSPS) is 13.5. The Hall–Kier alpha value is 0.280. The van der Waals surface area contributed by atoms with Gasteiger partial charge in [-0.05, 0) is 36.8 Å². The maximum atomic E-state index is 5.94. The molecule has 1 atom stereocenters. The Morgan fingerprint density at radius 1 is 1.36 bits per heavy atom. The molecule has 1 heterocycles.